The first kappa shape index (κ1) is 16.4. The van der Waals surface area contributed by atoms with Gasteiger partial charge in [-0.2, -0.15) is 0 Å². The summed E-state index contributed by atoms with van der Waals surface area (Å²) in [6.45, 7) is 5.52. The molecule has 1 aliphatic heterocycles. The third-order valence-electron chi connectivity index (χ3n) is 2.06. The Morgan fingerprint density at radius 1 is 1.37 bits per heavy atom. The summed E-state index contributed by atoms with van der Waals surface area (Å²) in [6.07, 6.45) is -0.576. The molecule has 0 aromatic heterocycles. The predicted octanol–water partition coefficient (Wildman–Crippen LogP) is 1.92. The molecule has 0 saturated carbocycles. The van der Waals surface area contributed by atoms with Gasteiger partial charge in [0, 0.05) is 13.1 Å². The minimum Gasteiger partial charge on any atom is -0.444 e. The third-order valence-corrected chi connectivity index (χ3v) is 4.54. The maximum atomic E-state index is 11.7. The van der Waals surface area contributed by atoms with Crippen LogP contribution in [0.3, 0.4) is 0 Å². The number of carbonyl (C=O) groups is 3. The van der Waals surface area contributed by atoms with Crippen molar-refractivity contribution in [3.63, 3.8) is 0 Å². The molecule has 0 unspecified atom stereocenters. The molecule has 1 heterocycles. The van der Waals surface area contributed by atoms with Crippen molar-refractivity contribution in [1.29, 1.82) is 0 Å². The molecule has 0 aliphatic carbocycles. The van der Waals surface area contributed by atoms with Gasteiger partial charge in [-0.3, -0.25) is 14.5 Å². The molecule has 0 aromatic carbocycles. The monoisotopic (exact) mass is 444 g/mol. The summed E-state index contributed by atoms with van der Waals surface area (Å²) in [6, 6.07) is 0. The summed E-state index contributed by atoms with van der Waals surface area (Å²) in [7, 11) is 0. The molecule has 106 valence electrons. The van der Waals surface area contributed by atoms with Crippen LogP contribution >= 0.6 is 38.5 Å². The number of nitrogens with one attached hydrogen (secondary N) is 1. The number of carbonyl (C=O) groups excluding carboxylic acids is 3. The largest absolute Gasteiger partial charge is 0.444 e. The molecule has 0 radical (unpaired) electrons. The lowest BCUT2D eigenvalue weighted by Crippen LogP contribution is -2.40. The van der Waals surface area contributed by atoms with Crippen molar-refractivity contribution in [2.24, 2.45) is 0 Å². The lowest BCUT2D eigenvalue weighted by Gasteiger charge is -2.20. The zero-order chi connectivity index (χ0) is 14.8. The standard InChI is InChI=1S/C11H14BrIN2O4/c1-11(2,3)19-10(18)14-4-5-15-8(16)6(12)7(13)9(15)17/h4-5H2,1-3H3,(H,14,18). The predicted molar refractivity (Wildman–Crippen MR) is 80.9 cm³/mol. The lowest BCUT2D eigenvalue weighted by molar-refractivity contribution is -0.136. The number of amides is 3. The van der Waals surface area contributed by atoms with E-state index in [-0.39, 0.29) is 29.4 Å². The number of halogens is 2. The molecule has 0 atom stereocenters. The second-order valence-electron chi connectivity index (χ2n) is 4.82. The normalized spacial score (nSPS) is 16.2. The van der Waals surface area contributed by atoms with Crippen LogP contribution < -0.4 is 5.32 Å². The molecule has 0 bridgehead atoms. The fourth-order valence-electron chi connectivity index (χ4n) is 1.30. The zero-order valence-electron chi connectivity index (χ0n) is 10.8. The Balaban J connectivity index is 2.42. The Morgan fingerprint density at radius 3 is 2.37 bits per heavy atom. The SMILES string of the molecule is CC(C)(C)OC(=O)NCCN1C(=O)C(Br)=C(I)C1=O. The van der Waals surface area contributed by atoms with E-state index >= 15 is 0 Å². The second-order valence-corrected chi connectivity index (χ2v) is 6.69. The fourth-order valence-corrected chi connectivity index (χ4v) is 2.21. The van der Waals surface area contributed by atoms with Crippen LogP contribution in [0.25, 0.3) is 0 Å². The van der Waals surface area contributed by atoms with E-state index in [4.69, 9.17) is 4.74 Å². The van der Waals surface area contributed by atoms with E-state index < -0.39 is 11.7 Å². The lowest BCUT2D eigenvalue weighted by atomic mass is 10.2. The average molecular weight is 445 g/mol. The smallest absolute Gasteiger partial charge is 0.407 e. The van der Waals surface area contributed by atoms with E-state index in [9.17, 15) is 14.4 Å². The van der Waals surface area contributed by atoms with Crippen LogP contribution in [0, 0.1) is 0 Å². The van der Waals surface area contributed by atoms with Crippen molar-refractivity contribution in [2.45, 2.75) is 26.4 Å². The molecule has 19 heavy (non-hydrogen) atoms. The van der Waals surface area contributed by atoms with Crippen molar-refractivity contribution in [3.05, 3.63) is 8.06 Å². The van der Waals surface area contributed by atoms with Gasteiger partial charge in [0.2, 0.25) is 0 Å². The van der Waals surface area contributed by atoms with Gasteiger partial charge < -0.3 is 10.1 Å². The highest BCUT2D eigenvalue weighted by Gasteiger charge is 2.35. The van der Waals surface area contributed by atoms with Gasteiger partial charge in [0.05, 0.1) is 3.58 Å². The van der Waals surface area contributed by atoms with Crippen LogP contribution in [0.15, 0.2) is 8.06 Å². The number of ether oxygens (including phenoxy) is 1. The highest BCUT2D eigenvalue weighted by molar-refractivity contribution is 14.1. The minimum absolute atomic E-state index is 0.110. The summed E-state index contributed by atoms with van der Waals surface area (Å²) >= 11 is 4.86. The fraction of sp³-hybridized carbons (Fsp3) is 0.545. The van der Waals surface area contributed by atoms with Gasteiger partial charge in [-0.1, -0.05) is 0 Å². The van der Waals surface area contributed by atoms with Gasteiger partial charge in [-0.15, -0.1) is 0 Å². The van der Waals surface area contributed by atoms with Gasteiger partial charge in [0.15, 0.2) is 0 Å². The molecular formula is C11H14BrIN2O4. The molecule has 1 aliphatic rings. The first-order valence-corrected chi connectivity index (χ1v) is 7.39. The van der Waals surface area contributed by atoms with Crippen LogP contribution in [0.4, 0.5) is 4.79 Å². The quantitative estimate of drug-likeness (QED) is 0.533. The van der Waals surface area contributed by atoms with Crippen LogP contribution in [-0.4, -0.2) is 41.5 Å². The Labute approximate surface area is 133 Å². The summed E-state index contributed by atoms with van der Waals surface area (Å²) in [5, 5.41) is 2.49. The van der Waals surface area contributed by atoms with E-state index in [1.807, 2.05) is 0 Å². The zero-order valence-corrected chi connectivity index (χ0v) is 14.5. The molecule has 8 heteroatoms. The molecular weight excluding hydrogens is 431 g/mol. The van der Waals surface area contributed by atoms with Crippen molar-refractivity contribution in [1.82, 2.24) is 10.2 Å². The van der Waals surface area contributed by atoms with Crippen molar-refractivity contribution in [2.75, 3.05) is 13.1 Å². The van der Waals surface area contributed by atoms with E-state index in [1.165, 1.54) is 0 Å². The Kier molecular flexibility index (Phi) is 5.36. The number of hydrogen-bond acceptors (Lipinski definition) is 4. The van der Waals surface area contributed by atoms with Gasteiger partial charge in [-0.05, 0) is 59.3 Å². The summed E-state index contributed by atoms with van der Waals surface area (Å²) in [5.74, 6) is -0.746. The van der Waals surface area contributed by atoms with Crippen molar-refractivity contribution < 1.29 is 19.1 Å². The summed E-state index contributed by atoms with van der Waals surface area (Å²) < 4.78 is 5.65. The second kappa shape index (κ2) is 6.21. The molecule has 0 spiro atoms. The molecule has 0 aromatic rings. The number of alkyl carbamates (subject to hydrolysis) is 1. The van der Waals surface area contributed by atoms with Gasteiger partial charge in [-0.25, -0.2) is 4.79 Å². The van der Waals surface area contributed by atoms with Crippen LogP contribution in [0.5, 0.6) is 0 Å². The van der Waals surface area contributed by atoms with Crippen molar-refractivity contribution in [3.8, 4) is 0 Å². The highest BCUT2D eigenvalue weighted by Crippen LogP contribution is 2.29. The van der Waals surface area contributed by atoms with Gasteiger partial charge >= 0.3 is 6.09 Å². The van der Waals surface area contributed by atoms with Crippen molar-refractivity contribution >= 4 is 56.4 Å². The molecule has 1 N–H and O–H groups in total. The average Bonchev–Trinajstić information content (AvgIpc) is 2.44. The first-order valence-electron chi connectivity index (χ1n) is 5.52. The molecule has 3 amide bonds. The number of nitrogens with zero attached hydrogens (tertiary/aromatic N) is 1. The Hall–Kier alpha value is -0.640. The third kappa shape index (κ3) is 4.44. The molecule has 1 rings (SSSR count). The van der Waals surface area contributed by atoms with Crippen LogP contribution in [-0.2, 0) is 14.3 Å². The number of hydrogen-bond donors (Lipinski definition) is 1. The Morgan fingerprint density at radius 2 is 1.95 bits per heavy atom. The summed E-state index contributed by atoms with van der Waals surface area (Å²) in [4.78, 5) is 35.8. The molecule has 6 nitrogen and oxygen atoms in total. The van der Waals surface area contributed by atoms with E-state index in [0.717, 1.165) is 4.90 Å². The number of rotatable bonds is 3. The molecule has 0 saturated heterocycles. The van der Waals surface area contributed by atoms with Gasteiger partial charge in [0.1, 0.15) is 10.1 Å². The Bertz CT molecular complexity index is 432. The maximum absolute atomic E-state index is 11.7. The first-order chi connectivity index (χ1) is 8.63. The highest BCUT2D eigenvalue weighted by atomic mass is 127. The van der Waals surface area contributed by atoms with Gasteiger partial charge in [0.25, 0.3) is 11.8 Å². The topological polar surface area (TPSA) is 75.7 Å². The number of imide groups is 1. The maximum Gasteiger partial charge on any atom is 0.407 e. The minimum atomic E-state index is -0.580. The summed E-state index contributed by atoms with van der Waals surface area (Å²) in [5.41, 5.74) is -0.580. The van der Waals surface area contributed by atoms with E-state index in [0.29, 0.717) is 3.58 Å². The van der Waals surface area contributed by atoms with Crippen LogP contribution in [0.1, 0.15) is 20.8 Å². The molecule has 0 fully saturated rings. The van der Waals surface area contributed by atoms with E-state index in [2.05, 4.69) is 21.2 Å². The van der Waals surface area contributed by atoms with E-state index in [1.54, 1.807) is 43.4 Å². The van der Waals surface area contributed by atoms with Crippen LogP contribution in [0.2, 0.25) is 0 Å².